The second-order valence-electron chi connectivity index (χ2n) is 8.53. The fourth-order valence-electron chi connectivity index (χ4n) is 4.63. The zero-order valence-electron chi connectivity index (χ0n) is 18.7. The van der Waals surface area contributed by atoms with Crippen molar-refractivity contribution in [3.05, 3.63) is 53.7 Å². The average Bonchev–Trinajstić information content (AvgIpc) is 3.57. The molecule has 0 radical (unpaired) electrons. The monoisotopic (exact) mass is 447 g/mol. The quantitative estimate of drug-likeness (QED) is 0.427. The Morgan fingerprint density at radius 2 is 2.03 bits per heavy atom. The summed E-state index contributed by atoms with van der Waals surface area (Å²) < 4.78 is 28.6. The van der Waals surface area contributed by atoms with Crippen molar-refractivity contribution >= 4 is 11.1 Å². The molecule has 8 nitrogen and oxygen atoms in total. The van der Waals surface area contributed by atoms with Gasteiger partial charge in [-0.15, -0.1) is 0 Å². The number of likely N-dealkylation sites (tertiary alicyclic amines) is 1. The molecular weight excluding hydrogens is 422 g/mol. The molecule has 0 spiro atoms. The minimum absolute atomic E-state index is 0.182. The van der Waals surface area contributed by atoms with Crippen LogP contribution in [0, 0.1) is 6.92 Å². The number of aromatic nitrogens is 2. The average molecular weight is 447 g/mol. The lowest BCUT2D eigenvalue weighted by atomic mass is 9.98. The van der Waals surface area contributed by atoms with Crippen LogP contribution < -0.4 is 14.2 Å². The molecule has 2 aliphatic rings. The van der Waals surface area contributed by atoms with E-state index in [1.165, 1.54) is 0 Å². The molecule has 0 aliphatic carbocycles. The van der Waals surface area contributed by atoms with Crippen LogP contribution >= 0.6 is 0 Å². The summed E-state index contributed by atoms with van der Waals surface area (Å²) in [5.74, 6) is 4.32. The Bertz CT molecular complexity index is 1280. The fraction of sp³-hybridized carbons (Fsp3) is 0.360. The number of oxazole rings is 2. The van der Waals surface area contributed by atoms with Crippen LogP contribution in [0.15, 0.2) is 45.2 Å². The number of fused-ring (bicyclic) bond motifs is 2. The van der Waals surface area contributed by atoms with Crippen LogP contribution in [0.2, 0.25) is 0 Å². The van der Waals surface area contributed by atoms with E-state index < -0.39 is 0 Å². The molecule has 0 amide bonds. The van der Waals surface area contributed by atoms with Crippen molar-refractivity contribution in [1.29, 1.82) is 0 Å². The van der Waals surface area contributed by atoms with Gasteiger partial charge in [0, 0.05) is 24.6 Å². The molecular formula is C25H25N3O5. The molecule has 4 aromatic rings. The molecule has 33 heavy (non-hydrogen) atoms. The van der Waals surface area contributed by atoms with Crippen molar-refractivity contribution in [2.45, 2.75) is 32.2 Å². The van der Waals surface area contributed by atoms with Gasteiger partial charge in [0.1, 0.15) is 11.3 Å². The highest BCUT2D eigenvalue weighted by atomic mass is 16.7. The number of para-hydroxylation sites is 2. The summed E-state index contributed by atoms with van der Waals surface area (Å²) in [5.41, 5.74) is 3.50. The van der Waals surface area contributed by atoms with Crippen molar-refractivity contribution in [1.82, 2.24) is 14.9 Å². The van der Waals surface area contributed by atoms with Crippen LogP contribution in [-0.2, 0) is 6.54 Å². The smallest absolute Gasteiger partial charge is 0.231 e. The van der Waals surface area contributed by atoms with Crippen LogP contribution in [0.4, 0.5) is 0 Å². The second-order valence-corrected chi connectivity index (χ2v) is 8.53. The summed E-state index contributed by atoms with van der Waals surface area (Å²) in [4.78, 5) is 11.9. The van der Waals surface area contributed by atoms with Gasteiger partial charge in [-0.2, -0.15) is 0 Å². The lowest BCUT2D eigenvalue weighted by molar-refractivity contribution is 0.171. The van der Waals surface area contributed by atoms with Gasteiger partial charge in [0.25, 0.3) is 0 Å². The maximum atomic E-state index is 6.04. The van der Waals surface area contributed by atoms with E-state index in [1.807, 2.05) is 43.3 Å². The maximum absolute atomic E-state index is 6.04. The molecule has 2 aromatic heterocycles. The molecule has 0 saturated carbocycles. The Morgan fingerprint density at radius 3 is 2.91 bits per heavy atom. The number of rotatable bonds is 5. The normalized spacial score (nSPS) is 18.2. The van der Waals surface area contributed by atoms with Crippen molar-refractivity contribution in [3.8, 4) is 28.7 Å². The largest absolute Gasteiger partial charge is 0.493 e. The standard InChI is InChI=1S/C25H25N3O5/c1-15-19(27-25(32-15)17-10-21(29-2)23-22(11-17)30-14-31-23)13-28-9-5-6-16(12-28)24-26-18-7-3-4-8-20(18)33-24/h3-4,7-8,10-11,16H,5-6,9,12-14H2,1-2H3. The summed E-state index contributed by atoms with van der Waals surface area (Å²) in [6, 6.07) is 11.7. The Hall–Kier alpha value is -3.52. The number of hydrogen-bond donors (Lipinski definition) is 0. The number of ether oxygens (including phenoxy) is 3. The Labute approximate surface area is 191 Å². The molecule has 2 aromatic carbocycles. The van der Waals surface area contributed by atoms with E-state index in [2.05, 4.69) is 4.90 Å². The first kappa shape index (κ1) is 20.1. The van der Waals surface area contributed by atoms with E-state index in [0.717, 1.165) is 59.9 Å². The second kappa shape index (κ2) is 8.12. The van der Waals surface area contributed by atoms with Gasteiger partial charge in [0.05, 0.1) is 12.8 Å². The zero-order chi connectivity index (χ0) is 22.4. The zero-order valence-corrected chi connectivity index (χ0v) is 18.7. The van der Waals surface area contributed by atoms with Gasteiger partial charge in [-0.05, 0) is 50.6 Å². The van der Waals surface area contributed by atoms with Crippen LogP contribution in [0.1, 0.15) is 36.1 Å². The van der Waals surface area contributed by atoms with Crippen LogP contribution in [0.25, 0.3) is 22.6 Å². The summed E-state index contributed by atoms with van der Waals surface area (Å²) in [6.07, 6.45) is 2.16. The predicted octanol–water partition coefficient (Wildman–Crippen LogP) is 4.91. The van der Waals surface area contributed by atoms with E-state index in [9.17, 15) is 0 Å². The molecule has 170 valence electrons. The first-order valence-corrected chi connectivity index (χ1v) is 11.2. The van der Waals surface area contributed by atoms with E-state index in [4.69, 9.17) is 33.0 Å². The highest BCUT2D eigenvalue weighted by molar-refractivity contribution is 5.72. The minimum Gasteiger partial charge on any atom is -0.493 e. The molecule has 4 heterocycles. The molecule has 1 unspecified atom stereocenters. The van der Waals surface area contributed by atoms with Gasteiger partial charge in [-0.1, -0.05) is 12.1 Å². The third kappa shape index (κ3) is 3.70. The predicted molar refractivity (Wildman–Crippen MR) is 121 cm³/mol. The van der Waals surface area contributed by atoms with Crippen molar-refractivity contribution in [2.24, 2.45) is 0 Å². The maximum Gasteiger partial charge on any atom is 0.231 e. The summed E-state index contributed by atoms with van der Waals surface area (Å²) >= 11 is 0. The van der Waals surface area contributed by atoms with E-state index in [1.54, 1.807) is 7.11 Å². The van der Waals surface area contributed by atoms with E-state index >= 15 is 0 Å². The van der Waals surface area contributed by atoms with Gasteiger partial charge in [-0.25, -0.2) is 9.97 Å². The summed E-state index contributed by atoms with van der Waals surface area (Å²) in [7, 11) is 1.61. The van der Waals surface area contributed by atoms with Gasteiger partial charge in [-0.3, -0.25) is 4.90 Å². The lowest BCUT2D eigenvalue weighted by Gasteiger charge is -2.30. The van der Waals surface area contributed by atoms with E-state index in [-0.39, 0.29) is 12.7 Å². The van der Waals surface area contributed by atoms with Crippen LogP contribution in [0.3, 0.4) is 0 Å². The number of methoxy groups -OCH3 is 1. The van der Waals surface area contributed by atoms with Crippen molar-refractivity contribution in [3.63, 3.8) is 0 Å². The van der Waals surface area contributed by atoms with Gasteiger partial charge in [0.2, 0.25) is 18.4 Å². The number of hydrogen-bond acceptors (Lipinski definition) is 8. The van der Waals surface area contributed by atoms with Gasteiger partial charge in [0.15, 0.2) is 23.0 Å². The Balaban J connectivity index is 1.21. The number of benzene rings is 2. The summed E-state index contributed by atoms with van der Waals surface area (Å²) in [5, 5.41) is 0. The number of aryl methyl sites for hydroxylation is 1. The molecule has 2 aliphatic heterocycles. The minimum atomic E-state index is 0.182. The molecule has 0 N–H and O–H groups in total. The fourth-order valence-corrected chi connectivity index (χ4v) is 4.63. The Morgan fingerprint density at radius 1 is 1.12 bits per heavy atom. The first-order valence-electron chi connectivity index (χ1n) is 11.2. The van der Waals surface area contributed by atoms with Crippen LogP contribution in [-0.4, -0.2) is 41.9 Å². The number of piperidine rings is 1. The van der Waals surface area contributed by atoms with Gasteiger partial charge < -0.3 is 23.0 Å². The molecule has 1 fully saturated rings. The first-order chi connectivity index (χ1) is 16.2. The van der Waals surface area contributed by atoms with Crippen molar-refractivity contribution < 1.29 is 23.0 Å². The third-order valence-corrected chi connectivity index (χ3v) is 6.34. The molecule has 0 bridgehead atoms. The molecule has 1 atom stereocenters. The van der Waals surface area contributed by atoms with Gasteiger partial charge >= 0.3 is 0 Å². The summed E-state index contributed by atoms with van der Waals surface area (Å²) in [6.45, 7) is 4.75. The van der Waals surface area contributed by atoms with Crippen LogP contribution in [0.5, 0.6) is 17.2 Å². The lowest BCUT2D eigenvalue weighted by Crippen LogP contribution is -2.34. The number of nitrogens with zero attached hydrogens (tertiary/aromatic N) is 3. The topological polar surface area (TPSA) is 83.0 Å². The highest BCUT2D eigenvalue weighted by Gasteiger charge is 2.27. The van der Waals surface area contributed by atoms with Crippen molar-refractivity contribution in [2.75, 3.05) is 27.0 Å². The third-order valence-electron chi connectivity index (χ3n) is 6.34. The molecule has 6 rings (SSSR count). The van der Waals surface area contributed by atoms with E-state index in [0.29, 0.717) is 29.7 Å². The molecule has 8 heteroatoms. The Kier molecular flexibility index (Phi) is 4.95. The SMILES string of the molecule is COc1cc(-c2nc(CN3CCCC(c4nc5ccccc5o4)C3)c(C)o2)cc2c1OCO2. The molecule has 1 saturated heterocycles. The highest BCUT2D eigenvalue weighted by Crippen LogP contribution is 2.44.